The lowest BCUT2D eigenvalue weighted by Gasteiger charge is -2.31. The Hall–Kier alpha value is -0.700. The van der Waals surface area contributed by atoms with Gasteiger partial charge < -0.3 is 0 Å². The second-order valence-corrected chi connectivity index (χ2v) is 3.15. The second kappa shape index (κ2) is 5.96. The molecule has 0 aromatic rings. The molecule has 0 N–H and O–H groups in total. The second-order valence-electron chi connectivity index (χ2n) is 3.15. The highest BCUT2D eigenvalue weighted by molar-refractivity contribution is 5.00. The maximum atomic E-state index is 11.9. The molecular weight excluding hydrogens is 286 g/mol. The van der Waals surface area contributed by atoms with Gasteiger partial charge in [0.1, 0.15) is 0 Å². The monoisotopic (exact) mass is 296 g/mol. The van der Waals surface area contributed by atoms with E-state index in [2.05, 4.69) is 13.8 Å². The van der Waals surface area contributed by atoms with Gasteiger partial charge in [0.2, 0.25) is 0 Å². The standard InChI is InChI=1S/C4F10.C4H10/c5-1(2(6,7)8,3(9,10)11)4(12,13)14;1-3-4-2/h;3-4H2,1-2H3. The fourth-order valence-corrected chi connectivity index (χ4v) is 0.482. The molecule has 0 fully saturated rings. The lowest BCUT2D eigenvalue weighted by Crippen LogP contribution is -2.62. The average molecular weight is 296 g/mol. The molecule has 0 nitrogen and oxygen atoms in total. The van der Waals surface area contributed by atoms with Crippen LogP contribution in [-0.4, -0.2) is 24.2 Å². The highest BCUT2D eigenvalue weighted by atomic mass is 19.4. The number of hydrogen-bond donors (Lipinski definition) is 0. The maximum Gasteiger partial charge on any atom is 0.440 e. The minimum atomic E-state index is -7.19. The summed E-state index contributed by atoms with van der Waals surface area (Å²) in [7, 11) is 0. The number of alkyl halides is 10. The van der Waals surface area contributed by atoms with Crippen molar-refractivity contribution in [3.63, 3.8) is 0 Å². The minimum absolute atomic E-state index is 1.32. The smallest absolute Gasteiger partial charge is 0.213 e. The van der Waals surface area contributed by atoms with E-state index in [4.69, 9.17) is 0 Å². The molecule has 0 saturated heterocycles. The van der Waals surface area contributed by atoms with Gasteiger partial charge in [-0.1, -0.05) is 26.7 Å². The van der Waals surface area contributed by atoms with Crippen LogP contribution in [-0.2, 0) is 0 Å². The highest BCUT2D eigenvalue weighted by Gasteiger charge is 2.85. The van der Waals surface area contributed by atoms with Crippen LogP contribution in [0.15, 0.2) is 0 Å². The van der Waals surface area contributed by atoms with Crippen LogP contribution in [0.25, 0.3) is 0 Å². The molecule has 0 aliphatic heterocycles. The molecule has 0 amide bonds. The van der Waals surface area contributed by atoms with Gasteiger partial charge in [0.15, 0.2) is 0 Å². The molecule has 0 aliphatic carbocycles. The molecule has 0 spiro atoms. The zero-order valence-electron chi connectivity index (χ0n) is 9.19. The average Bonchev–Trinajstić information content (AvgIpc) is 2.11. The molecule has 0 bridgehead atoms. The summed E-state index contributed by atoms with van der Waals surface area (Å²) in [5.74, 6) is 0. The van der Waals surface area contributed by atoms with Crippen molar-refractivity contribution in [2.45, 2.75) is 50.9 Å². The SMILES string of the molecule is CCCC.FC(F)(F)C(F)(C(F)(F)F)C(F)(F)F. The summed E-state index contributed by atoms with van der Waals surface area (Å²) in [5, 5.41) is 0. The summed E-state index contributed by atoms with van der Waals surface area (Å²) in [5.41, 5.74) is -7.19. The van der Waals surface area contributed by atoms with Gasteiger partial charge in [-0.05, 0) is 0 Å². The van der Waals surface area contributed by atoms with E-state index in [9.17, 15) is 43.9 Å². The van der Waals surface area contributed by atoms with Crippen LogP contribution >= 0.6 is 0 Å². The normalized spacial score (nSPS) is 14.0. The van der Waals surface area contributed by atoms with Crippen molar-refractivity contribution in [1.82, 2.24) is 0 Å². The fourth-order valence-electron chi connectivity index (χ4n) is 0.482. The molecule has 18 heavy (non-hydrogen) atoms. The van der Waals surface area contributed by atoms with Gasteiger partial charge in [-0.15, -0.1) is 0 Å². The van der Waals surface area contributed by atoms with Gasteiger partial charge in [0.05, 0.1) is 0 Å². The highest BCUT2D eigenvalue weighted by Crippen LogP contribution is 2.54. The van der Waals surface area contributed by atoms with Crippen LogP contribution in [0.4, 0.5) is 43.9 Å². The van der Waals surface area contributed by atoms with Crippen molar-refractivity contribution in [2.24, 2.45) is 0 Å². The summed E-state index contributed by atoms with van der Waals surface area (Å²) in [6.07, 6.45) is -18.6. The largest absolute Gasteiger partial charge is 0.440 e. The van der Waals surface area contributed by atoms with Crippen molar-refractivity contribution in [2.75, 3.05) is 0 Å². The first-order valence-electron chi connectivity index (χ1n) is 4.55. The Morgan fingerprint density at radius 2 is 0.667 bits per heavy atom. The van der Waals surface area contributed by atoms with Crippen molar-refractivity contribution in [3.05, 3.63) is 0 Å². The first kappa shape index (κ1) is 19.6. The topological polar surface area (TPSA) is 0 Å². The molecule has 0 aliphatic rings. The molecular formula is C8H10F10. The van der Waals surface area contributed by atoms with Crippen LogP contribution in [0.2, 0.25) is 0 Å². The van der Waals surface area contributed by atoms with Crippen molar-refractivity contribution in [1.29, 1.82) is 0 Å². The van der Waals surface area contributed by atoms with Crippen LogP contribution in [0.5, 0.6) is 0 Å². The zero-order valence-corrected chi connectivity index (χ0v) is 9.19. The first-order chi connectivity index (χ1) is 7.66. The molecule has 0 aromatic carbocycles. The molecule has 0 unspecified atom stereocenters. The summed E-state index contributed by atoms with van der Waals surface area (Å²) in [4.78, 5) is 0. The molecule has 0 saturated carbocycles. The molecule has 0 atom stereocenters. The Balaban J connectivity index is 0. The van der Waals surface area contributed by atoms with E-state index in [1.165, 1.54) is 12.8 Å². The molecule has 112 valence electrons. The van der Waals surface area contributed by atoms with Crippen LogP contribution in [0.3, 0.4) is 0 Å². The molecule has 0 rings (SSSR count). The van der Waals surface area contributed by atoms with Gasteiger partial charge in [0.25, 0.3) is 0 Å². The third-order valence-corrected chi connectivity index (χ3v) is 1.67. The molecule has 0 aromatic heterocycles. The van der Waals surface area contributed by atoms with Gasteiger partial charge >= 0.3 is 24.2 Å². The van der Waals surface area contributed by atoms with E-state index in [-0.39, 0.29) is 0 Å². The summed E-state index contributed by atoms with van der Waals surface area (Å²) in [6.45, 7) is 4.36. The van der Waals surface area contributed by atoms with Gasteiger partial charge in [-0.2, -0.15) is 39.5 Å². The summed E-state index contributed by atoms with van der Waals surface area (Å²) in [6, 6.07) is 0. The van der Waals surface area contributed by atoms with Crippen molar-refractivity contribution < 1.29 is 43.9 Å². The van der Waals surface area contributed by atoms with E-state index in [1.54, 1.807) is 0 Å². The Bertz CT molecular complexity index is 194. The quantitative estimate of drug-likeness (QED) is 0.584. The number of unbranched alkanes of at least 4 members (excludes halogenated alkanes) is 1. The Morgan fingerprint density at radius 3 is 0.667 bits per heavy atom. The summed E-state index contributed by atoms with van der Waals surface area (Å²) >= 11 is 0. The van der Waals surface area contributed by atoms with Gasteiger partial charge in [-0.25, -0.2) is 4.39 Å². The van der Waals surface area contributed by atoms with Crippen molar-refractivity contribution in [3.8, 4) is 0 Å². The minimum Gasteiger partial charge on any atom is -0.213 e. The third kappa shape index (κ3) is 4.20. The van der Waals surface area contributed by atoms with Crippen LogP contribution < -0.4 is 0 Å². The molecule has 0 radical (unpaired) electrons. The lowest BCUT2D eigenvalue weighted by molar-refractivity contribution is -0.422. The molecule has 10 heteroatoms. The van der Waals surface area contributed by atoms with Crippen molar-refractivity contribution >= 4 is 0 Å². The number of hydrogen-bond acceptors (Lipinski definition) is 0. The Morgan fingerprint density at radius 1 is 0.500 bits per heavy atom. The lowest BCUT2D eigenvalue weighted by atomic mass is 10.1. The van der Waals surface area contributed by atoms with E-state index < -0.39 is 24.2 Å². The van der Waals surface area contributed by atoms with Gasteiger partial charge in [0, 0.05) is 0 Å². The third-order valence-electron chi connectivity index (χ3n) is 1.67. The maximum absolute atomic E-state index is 11.9. The first-order valence-corrected chi connectivity index (χ1v) is 4.55. The summed E-state index contributed by atoms with van der Waals surface area (Å²) < 4.78 is 113. The predicted molar refractivity (Wildman–Crippen MR) is 42.6 cm³/mol. The van der Waals surface area contributed by atoms with E-state index in [0.29, 0.717) is 0 Å². The van der Waals surface area contributed by atoms with E-state index in [1.807, 2.05) is 0 Å². The van der Waals surface area contributed by atoms with Crippen LogP contribution in [0, 0.1) is 0 Å². The van der Waals surface area contributed by atoms with E-state index >= 15 is 0 Å². The molecule has 0 heterocycles. The zero-order chi connectivity index (χ0) is 15.4. The Labute approximate surface area is 96.0 Å². The number of rotatable bonds is 1. The predicted octanol–water partition coefficient (Wildman–Crippen LogP) is 5.19. The fraction of sp³-hybridized carbons (Fsp3) is 1.00. The van der Waals surface area contributed by atoms with E-state index in [0.717, 1.165) is 0 Å². The van der Waals surface area contributed by atoms with Crippen LogP contribution in [0.1, 0.15) is 26.7 Å². The number of halogens is 10. The van der Waals surface area contributed by atoms with Gasteiger partial charge in [-0.3, -0.25) is 0 Å². The Kier molecular flexibility index (Phi) is 6.50.